The topological polar surface area (TPSA) is 77.8 Å². The Morgan fingerprint density at radius 1 is 0.882 bits per heavy atom. The van der Waals surface area contributed by atoms with E-state index in [-0.39, 0.29) is 22.6 Å². The predicted octanol–water partition coefficient (Wildman–Crippen LogP) is 2.28. The molecule has 0 fully saturated rings. The van der Waals surface area contributed by atoms with Gasteiger partial charge in [-0.2, -0.15) is 0 Å². The molecule has 0 aliphatic heterocycles. The van der Waals surface area contributed by atoms with Crippen LogP contribution in [0.15, 0.2) is 36.4 Å². The Bertz CT molecular complexity index is 576. The van der Waals surface area contributed by atoms with Gasteiger partial charge in [0.2, 0.25) is 0 Å². The lowest BCUT2D eigenvalue weighted by Gasteiger charge is -2.10. The minimum Gasteiger partial charge on any atom is -0.507 e. The summed E-state index contributed by atoms with van der Waals surface area (Å²) in [6.45, 7) is 0. The average Bonchev–Trinajstić information content (AvgIpc) is 2.34. The molecule has 0 saturated heterocycles. The molecule has 0 heterocycles. The van der Waals surface area contributed by atoms with Gasteiger partial charge >= 0.3 is 0 Å². The van der Waals surface area contributed by atoms with Crippen LogP contribution in [-0.4, -0.2) is 21.6 Å². The van der Waals surface area contributed by atoms with Gasteiger partial charge in [-0.25, -0.2) is 0 Å². The SMILES string of the molecule is O=Cc1ccc(O)c(O)c1-c1ccccc1O. The Morgan fingerprint density at radius 2 is 1.59 bits per heavy atom. The summed E-state index contributed by atoms with van der Waals surface area (Å²) in [7, 11) is 0. The smallest absolute Gasteiger partial charge is 0.166 e. The zero-order valence-electron chi connectivity index (χ0n) is 8.79. The van der Waals surface area contributed by atoms with Crippen LogP contribution in [0.2, 0.25) is 0 Å². The van der Waals surface area contributed by atoms with E-state index in [4.69, 9.17) is 0 Å². The van der Waals surface area contributed by atoms with E-state index in [1.165, 1.54) is 18.2 Å². The van der Waals surface area contributed by atoms with Crippen LogP contribution in [0.3, 0.4) is 0 Å². The second-order valence-electron chi connectivity index (χ2n) is 3.53. The predicted molar refractivity (Wildman–Crippen MR) is 62.3 cm³/mol. The Kier molecular flexibility index (Phi) is 2.70. The zero-order valence-corrected chi connectivity index (χ0v) is 8.79. The standard InChI is InChI=1S/C13H10O4/c14-7-8-5-6-11(16)13(17)12(8)9-3-1-2-4-10(9)15/h1-7,15-17H. The van der Waals surface area contributed by atoms with Crippen molar-refractivity contribution in [2.75, 3.05) is 0 Å². The van der Waals surface area contributed by atoms with E-state index >= 15 is 0 Å². The van der Waals surface area contributed by atoms with Gasteiger partial charge in [0.1, 0.15) is 5.75 Å². The van der Waals surface area contributed by atoms with E-state index in [0.29, 0.717) is 11.8 Å². The van der Waals surface area contributed by atoms with E-state index < -0.39 is 5.75 Å². The average molecular weight is 230 g/mol. The van der Waals surface area contributed by atoms with Gasteiger partial charge in [-0.1, -0.05) is 18.2 Å². The van der Waals surface area contributed by atoms with Crippen LogP contribution in [0.25, 0.3) is 11.1 Å². The molecule has 4 heteroatoms. The van der Waals surface area contributed by atoms with Crippen molar-refractivity contribution in [3.05, 3.63) is 42.0 Å². The molecule has 0 aliphatic carbocycles. The monoisotopic (exact) mass is 230 g/mol. The zero-order chi connectivity index (χ0) is 12.4. The molecule has 0 amide bonds. The molecule has 0 aromatic heterocycles. The molecule has 0 radical (unpaired) electrons. The maximum Gasteiger partial charge on any atom is 0.166 e. The van der Waals surface area contributed by atoms with Crippen LogP contribution in [0.1, 0.15) is 10.4 Å². The highest BCUT2D eigenvalue weighted by molar-refractivity contribution is 5.93. The largest absolute Gasteiger partial charge is 0.507 e. The molecule has 0 bridgehead atoms. The molecule has 2 rings (SSSR count). The van der Waals surface area contributed by atoms with Gasteiger partial charge in [-0.15, -0.1) is 0 Å². The van der Waals surface area contributed by atoms with Crippen molar-refractivity contribution in [2.45, 2.75) is 0 Å². The summed E-state index contributed by atoms with van der Waals surface area (Å²) < 4.78 is 0. The number of aldehydes is 1. The normalized spacial score (nSPS) is 10.1. The molecule has 2 aromatic carbocycles. The number of carbonyl (C=O) groups excluding carboxylic acids is 1. The maximum absolute atomic E-state index is 10.9. The van der Waals surface area contributed by atoms with Crippen LogP contribution < -0.4 is 0 Å². The first-order chi connectivity index (χ1) is 8.15. The van der Waals surface area contributed by atoms with Gasteiger partial charge < -0.3 is 15.3 Å². The first-order valence-corrected chi connectivity index (χ1v) is 4.93. The van der Waals surface area contributed by atoms with Gasteiger partial charge in [0.25, 0.3) is 0 Å². The Balaban J connectivity index is 2.78. The quantitative estimate of drug-likeness (QED) is 0.546. The highest BCUT2D eigenvalue weighted by Gasteiger charge is 2.16. The lowest BCUT2D eigenvalue weighted by molar-refractivity contribution is 0.112. The molecule has 2 aromatic rings. The summed E-state index contributed by atoms with van der Waals surface area (Å²) in [5.74, 6) is -0.832. The lowest BCUT2D eigenvalue weighted by Crippen LogP contribution is -1.89. The Labute approximate surface area is 97.4 Å². The van der Waals surface area contributed by atoms with E-state index in [2.05, 4.69) is 0 Å². The first kappa shape index (κ1) is 11.0. The molecule has 0 atom stereocenters. The van der Waals surface area contributed by atoms with Crippen LogP contribution in [0, 0.1) is 0 Å². The van der Waals surface area contributed by atoms with Crippen molar-refractivity contribution in [3.8, 4) is 28.4 Å². The lowest BCUT2D eigenvalue weighted by atomic mass is 9.98. The first-order valence-electron chi connectivity index (χ1n) is 4.93. The fraction of sp³-hybridized carbons (Fsp3) is 0. The Morgan fingerprint density at radius 3 is 2.24 bits per heavy atom. The maximum atomic E-state index is 10.9. The molecule has 0 aliphatic rings. The van der Waals surface area contributed by atoms with Gasteiger partial charge in [0.05, 0.1) is 0 Å². The second kappa shape index (κ2) is 4.17. The van der Waals surface area contributed by atoms with E-state index in [1.807, 2.05) is 0 Å². The summed E-state index contributed by atoms with van der Waals surface area (Å²) in [6, 6.07) is 8.88. The van der Waals surface area contributed by atoms with Crippen molar-refractivity contribution in [3.63, 3.8) is 0 Å². The van der Waals surface area contributed by atoms with Crippen LogP contribution in [-0.2, 0) is 0 Å². The summed E-state index contributed by atoms with van der Waals surface area (Å²) in [5.41, 5.74) is 0.614. The fourth-order valence-electron chi connectivity index (χ4n) is 1.66. The third kappa shape index (κ3) is 1.80. The Hall–Kier alpha value is -2.49. The van der Waals surface area contributed by atoms with Crippen molar-refractivity contribution < 1.29 is 20.1 Å². The van der Waals surface area contributed by atoms with Crippen molar-refractivity contribution in [1.29, 1.82) is 0 Å². The number of phenols is 3. The number of aromatic hydroxyl groups is 3. The van der Waals surface area contributed by atoms with E-state index in [1.54, 1.807) is 18.2 Å². The van der Waals surface area contributed by atoms with Crippen LogP contribution in [0.4, 0.5) is 0 Å². The van der Waals surface area contributed by atoms with Gasteiger partial charge in [-0.05, 0) is 18.2 Å². The number of carbonyl (C=O) groups is 1. The van der Waals surface area contributed by atoms with Crippen LogP contribution >= 0.6 is 0 Å². The van der Waals surface area contributed by atoms with E-state index in [0.717, 1.165) is 0 Å². The highest BCUT2D eigenvalue weighted by Crippen LogP contribution is 2.41. The number of rotatable bonds is 2. The molecule has 17 heavy (non-hydrogen) atoms. The molecule has 86 valence electrons. The summed E-state index contributed by atoms with van der Waals surface area (Å²) >= 11 is 0. The summed E-state index contributed by atoms with van der Waals surface area (Å²) in [4.78, 5) is 10.9. The molecule has 3 N–H and O–H groups in total. The van der Waals surface area contributed by atoms with Crippen molar-refractivity contribution in [2.24, 2.45) is 0 Å². The van der Waals surface area contributed by atoms with Crippen molar-refractivity contribution >= 4 is 6.29 Å². The van der Waals surface area contributed by atoms with Gasteiger partial charge in [-0.3, -0.25) is 4.79 Å². The number of para-hydroxylation sites is 1. The minimum absolute atomic E-state index is 0.0727. The molecule has 0 saturated carbocycles. The molecule has 0 spiro atoms. The highest BCUT2D eigenvalue weighted by atomic mass is 16.3. The fourth-order valence-corrected chi connectivity index (χ4v) is 1.66. The van der Waals surface area contributed by atoms with Gasteiger partial charge in [0.15, 0.2) is 17.8 Å². The second-order valence-corrected chi connectivity index (χ2v) is 3.53. The molecular weight excluding hydrogens is 220 g/mol. The molecule has 4 nitrogen and oxygen atoms in total. The number of benzene rings is 2. The molecular formula is C13H10O4. The van der Waals surface area contributed by atoms with Crippen LogP contribution in [0.5, 0.6) is 17.2 Å². The number of phenolic OH excluding ortho intramolecular Hbond substituents is 3. The molecule has 0 unspecified atom stereocenters. The number of hydrogen-bond acceptors (Lipinski definition) is 4. The van der Waals surface area contributed by atoms with Crippen molar-refractivity contribution in [1.82, 2.24) is 0 Å². The van der Waals surface area contributed by atoms with Gasteiger partial charge in [0, 0.05) is 16.7 Å². The number of hydrogen-bond donors (Lipinski definition) is 3. The van der Waals surface area contributed by atoms with E-state index in [9.17, 15) is 20.1 Å². The third-order valence-electron chi connectivity index (χ3n) is 2.49. The minimum atomic E-state index is -0.420. The summed E-state index contributed by atoms with van der Waals surface area (Å²) in [5, 5.41) is 28.9. The summed E-state index contributed by atoms with van der Waals surface area (Å²) in [6.07, 6.45) is 0.556. The third-order valence-corrected chi connectivity index (χ3v) is 2.49.